The predicted molar refractivity (Wildman–Crippen MR) is 133 cm³/mol. The van der Waals surface area contributed by atoms with Gasteiger partial charge >= 0.3 is 5.97 Å². The van der Waals surface area contributed by atoms with E-state index in [-0.39, 0.29) is 12.3 Å². The van der Waals surface area contributed by atoms with E-state index in [4.69, 9.17) is 5.11 Å². The lowest BCUT2D eigenvalue weighted by molar-refractivity contribution is -0.137. The number of nitrogens with two attached hydrogens (primary N) is 1. The molecule has 0 saturated carbocycles. The third-order valence-electron chi connectivity index (χ3n) is 4.19. The van der Waals surface area contributed by atoms with Crippen LogP contribution in [0.5, 0.6) is 0 Å². The summed E-state index contributed by atoms with van der Waals surface area (Å²) in [5.74, 6) is -0.234. The van der Waals surface area contributed by atoms with Crippen LogP contribution < -0.4 is 11.1 Å². The first-order valence-electron chi connectivity index (χ1n) is 10.8. The van der Waals surface area contributed by atoms with Crippen LogP contribution in [-0.2, 0) is 16.0 Å². The van der Waals surface area contributed by atoms with Gasteiger partial charge in [-0.15, -0.1) is 0 Å². The molecule has 1 aromatic heterocycles. The number of aliphatic carboxylic acids is 1. The molecule has 6 nitrogen and oxygen atoms in total. The number of carboxylic acids is 1. The van der Waals surface area contributed by atoms with Crippen LogP contribution in [0.2, 0.25) is 0 Å². The Morgan fingerprint density at radius 1 is 1.09 bits per heavy atom. The number of anilines is 1. The molecular weight excluding hydrogens is 402 g/mol. The lowest BCUT2D eigenvalue weighted by Crippen LogP contribution is -2.05. The molecule has 2 rings (SSSR count). The lowest BCUT2D eigenvalue weighted by Gasteiger charge is -2.09. The zero-order valence-corrected chi connectivity index (χ0v) is 20.1. The highest BCUT2D eigenvalue weighted by molar-refractivity contribution is 5.70. The van der Waals surface area contributed by atoms with E-state index in [1.165, 1.54) is 18.1 Å². The maximum absolute atomic E-state index is 10.7. The number of allylic oxidation sites excluding steroid dienone is 2. The maximum atomic E-state index is 10.7. The van der Waals surface area contributed by atoms with Crippen LogP contribution in [-0.4, -0.2) is 28.5 Å². The van der Waals surface area contributed by atoms with Crippen LogP contribution in [0.15, 0.2) is 60.3 Å². The molecule has 0 atom stereocenters. The van der Waals surface area contributed by atoms with Crippen molar-refractivity contribution in [2.24, 2.45) is 5.73 Å². The Hall–Kier alpha value is -3.41. The van der Waals surface area contributed by atoms with Gasteiger partial charge in [-0.3, -0.25) is 9.59 Å². The summed E-state index contributed by atoms with van der Waals surface area (Å²) in [4.78, 5) is 24.2. The van der Waals surface area contributed by atoms with Crippen LogP contribution in [0.4, 0.5) is 5.82 Å². The molecule has 2 aromatic rings. The number of rotatable bonds is 8. The van der Waals surface area contributed by atoms with Gasteiger partial charge in [0.25, 0.3) is 0 Å². The highest BCUT2D eigenvalue weighted by Crippen LogP contribution is 2.18. The molecule has 1 heterocycles. The predicted octanol–water partition coefficient (Wildman–Crippen LogP) is 5.39. The first kappa shape index (κ1) is 28.6. The first-order chi connectivity index (χ1) is 15.2. The van der Waals surface area contributed by atoms with Gasteiger partial charge in [0.15, 0.2) is 0 Å². The molecule has 0 aliphatic carbocycles. The van der Waals surface area contributed by atoms with Crippen LogP contribution in [0.25, 0.3) is 5.57 Å². The standard InChI is InChI=1S/C22H26N2O2.C2H5NO.C2H6/c1-4-18(15-24-21-11-5-16(2)14-23-21)13-17(3)20-9-6-19(7-10-20)8-12-22(25)26;1-2(3)4;1-2/h4-7,9-11,13-14H,8,12,15H2,1-3H3,(H,23,24)(H,25,26);1H3,(H2,3,4);1-2H3/b17-13+,18-4+;;. The number of amides is 1. The van der Waals surface area contributed by atoms with Gasteiger partial charge in [0.1, 0.15) is 5.82 Å². The quantitative estimate of drug-likeness (QED) is 0.478. The van der Waals surface area contributed by atoms with Crippen LogP contribution in [0.3, 0.4) is 0 Å². The summed E-state index contributed by atoms with van der Waals surface area (Å²) < 4.78 is 0. The summed E-state index contributed by atoms with van der Waals surface area (Å²) in [6, 6.07) is 12.1. The minimum absolute atomic E-state index is 0.162. The summed E-state index contributed by atoms with van der Waals surface area (Å²) in [7, 11) is 0. The van der Waals surface area contributed by atoms with Gasteiger partial charge in [-0.1, -0.05) is 56.3 Å². The number of carboxylic acid groups (broad SMARTS) is 1. The highest BCUT2D eigenvalue weighted by atomic mass is 16.4. The Balaban J connectivity index is 0.00000144. The topological polar surface area (TPSA) is 105 Å². The van der Waals surface area contributed by atoms with E-state index in [2.05, 4.69) is 35.1 Å². The second-order valence-corrected chi connectivity index (χ2v) is 6.97. The minimum Gasteiger partial charge on any atom is -0.481 e. The van der Waals surface area contributed by atoms with Crippen LogP contribution in [0, 0.1) is 6.92 Å². The third-order valence-corrected chi connectivity index (χ3v) is 4.19. The zero-order valence-electron chi connectivity index (χ0n) is 20.1. The Morgan fingerprint density at radius 2 is 1.69 bits per heavy atom. The summed E-state index contributed by atoms with van der Waals surface area (Å²) in [6.07, 6.45) is 6.82. The molecule has 1 aromatic carbocycles. The average Bonchev–Trinajstić information content (AvgIpc) is 2.77. The fourth-order valence-corrected chi connectivity index (χ4v) is 2.55. The fraction of sp³-hybridized carbons (Fsp3) is 0.346. The Labute approximate surface area is 192 Å². The highest BCUT2D eigenvalue weighted by Gasteiger charge is 2.02. The van der Waals surface area contributed by atoms with Crippen molar-refractivity contribution in [1.82, 2.24) is 4.98 Å². The van der Waals surface area contributed by atoms with Gasteiger partial charge in [-0.05, 0) is 61.1 Å². The number of aromatic nitrogens is 1. The fourth-order valence-electron chi connectivity index (χ4n) is 2.55. The number of nitrogens with zero attached hydrogens (tertiary/aromatic N) is 1. The molecule has 6 heteroatoms. The Kier molecular flexibility index (Phi) is 14.6. The number of carbonyl (C=O) groups excluding carboxylic acids is 1. The number of carbonyl (C=O) groups is 2. The lowest BCUT2D eigenvalue weighted by atomic mass is 10.0. The largest absolute Gasteiger partial charge is 0.481 e. The molecular formula is C26H37N3O3. The van der Waals surface area contributed by atoms with Crippen molar-refractivity contribution >= 4 is 23.3 Å². The van der Waals surface area contributed by atoms with Crippen molar-refractivity contribution < 1.29 is 14.7 Å². The Bertz CT molecular complexity index is 880. The number of pyridine rings is 1. The second-order valence-electron chi connectivity index (χ2n) is 6.97. The number of aryl methyl sites for hydroxylation is 2. The van der Waals surface area contributed by atoms with Crippen molar-refractivity contribution in [3.8, 4) is 0 Å². The smallest absolute Gasteiger partial charge is 0.303 e. The summed E-state index contributed by atoms with van der Waals surface area (Å²) in [5.41, 5.74) is 10.1. The number of hydrogen-bond acceptors (Lipinski definition) is 4. The van der Waals surface area contributed by atoms with Gasteiger partial charge in [0.2, 0.25) is 5.91 Å². The van der Waals surface area contributed by atoms with Crippen molar-refractivity contribution in [2.75, 3.05) is 11.9 Å². The minimum atomic E-state index is -0.765. The monoisotopic (exact) mass is 439 g/mol. The van der Waals surface area contributed by atoms with Gasteiger partial charge in [-0.25, -0.2) is 4.98 Å². The summed E-state index contributed by atoms with van der Waals surface area (Å²) >= 11 is 0. The van der Waals surface area contributed by atoms with Gasteiger partial charge in [-0.2, -0.15) is 0 Å². The van der Waals surface area contributed by atoms with E-state index in [0.29, 0.717) is 13.0 Å². The number of hydrogen-bond donors (Lipinski definition) is 3. The van der Waals surface area contributed by atoms with E-state index in [1.54, 1.807) is 0 Å². The molecule has 0 fully saturated rings. The average molecular weight is 440 g/mol. The van der Waals surface area contributed by atoms with Crippen molar-refractivity contribution in [2.45, 2.75) is 54.4 Å². The second kappa shape index (κ2) is 16.3. The molecule has 0 unspecified atom stereocenters. The third kappa shape index (κ3) is 13.0. The number of benzene rings is 1. The van der Waals surface area contributed by atoms with Crippen LogP contribution >= 0.6 is 0 Å². The summed E-state index contributed by atoms with van der Waals surface area (Å²) in [6.45, 7) is 12.1. The number of nitrogens with one attached hydrogen (secondary N) is 1. The van der Waals surface area contributed by atoms with Gasteiger partial charge in [0, 0.05) is 26.1 Å². The number of primary amides is 1. The van der Waals surface area contributed by atoms with E-state index >= 15 is 0 Å². The summed E-state index contributed by atoms with van der Waals surface area (Å²) in [5, 5.41) is 12.1. The van der Waals surface area contributed by atoms with Crippen LogP contribution in [0.1, 0.15) is 57.7 Å². The molecule has 0 spiro atoms. The molecule has 174 valence electrons. The molecule has 0 aliphatic rings. The first-order valence-corrected chi connectivity index (χ1v) is 10.8. The normalized spacial score (nSPS) is 10.8. The molecule has 0 saturated heterocycles. The molecule has 0 aliphatic heterocycles. The van der Waals surface area contributed by atoms with E-state index in [1.807, 2.05) is 70.3 Å². The van der Waals surface area contributed by atoms with Gasteiger partial charge in [0.05, 0.1) is 0 Å². The van der Waals surface area contributed by atoms with Crippen molar-refractivity contribution in [1.29, 1.82) is 0 Å². The molecule has 32 heavy (non-hydrogen) atoms. The molecule has 0 radical (unpaired) electrons. The molecule has 0 bridgehead atoms. The Morgan fingerprint density at radius 3 is 2.16 bits per heavy atom. The van der Waals surface area contributed by atoms with Crippen molar-refractivity contribution in [3.05, 3.63) is 77.0 Å². The van der Waals surface area contributed by atoms with Gasteiger partial charge < -0.3 is 16.2 Å². The molecule has 1 amide bonds. The van der Waals surface area contributed by atoms with E-state index in [9.17, 15) is 9.59 Å². The van der Waals surface area contributed by atoms with E-state index in [0.717, 1.165) is 22.5 Å². The zero-order chi connectivity index (χ0) is 24.5. The maximum Gasteiger partial charge on any atom is 0.303 e. The van der Waals surface area contributed by atoms with Crippen molar-refractivity contribution in [3.63, 3.8) is 0 Å². The SMILES string of the molecule is C/C=C(\C=C(/C)c1ccc(CCC(=O)O)cc1)CNc1ccc(C)cn1.CC.CC(N)=O. The molecule has 4 N–H and O–H groups in total. The van der Waals surface area contributed by atoms with E-state index < -0.39 is 5.97 Å².